The predicted molar refractivity (Wildman–Crippen MR) is 93.9 cm³/mol. The van der Waals surface area contributed by atoms with E-state index in [-0.39, 0.29) is 24.5 Å². The molecular formula is C17H23BrN2O4. The van der Waals surface area contributed by atoms with E-state index in [1.165, 1.54) is 0 Å². The number of carbonyl (C=O) groups is 2. The largest absolute Gasteiger partial charge is 0.382 e. The number of benzene rings is 1. The monoisotopic (exact) mass is 398 g/mol. The molecule has 1 aromatic rings. The number of methoxy groups -OCH3 is 1. The van der Waals surface area contributed by atoms with Crippen LogP contribution in [0.5, 0.6) is 0 Å². The molecule has 0 bridgehead atoms. The summed E-state index contributed by atoms with van der Waals surface area (Å²) in [6, 6.07) is 7.37. The molecule has 132 valence electrons. The predicted octanol–water partition coefficient (Wildman–Crippen LogP) is 1.83. The zero-order valence-electron chi connectivity index (χ0n) is 13.8. The summed E-state index contributed by atoms with van der Waals surface area (Å²) >= 11 is 3.35. The molecule has 0 aromatic heterocycles. The van der Waals surface area contributed by atoms with Crippen LogP contribution in [0.25, 0.3) is 0 Å². The van der Waals surface area contributed by atoms with E-state index in [4.69, 9.17) is 9.47 Å². The van der Waals surface area contributed by atoms with Gasteiger partial charge in [0.25, 0.3) is 5.91 Å². The Balaban J connectivity index is 1.71. The number of halogens is 1. The normalized spacial score (nSPS) is 15.3. The van der Waals surface area contributed by atoms with Gasteiger partial charge in [-0.3, -0.25) is 9.59 Å². The van der Waals surface area contributed by atoms with Crippen molar-refractivity contribution in [2.45, 2.75) is 18.9 Å². The van der Waals surface area contributed by atoms with Crippen LogP contribution in [0, 0.1) is 0 Å². The zero-order chi connectivity index (χ0) is 17.4. The average Bonchev–Trinajstić information content (AvgIpc) is 2.59. The van der Waals surface area contributed by atoms with Crippen molar-refractivity contribution in [1.82, 2.24) is 10.2 Å². The van der Waals surface area contributed by atoms with E-state index in [0.717, 1.165) is 17.3 Å². The first-order valence-electron chi connectivity index (χ1n) is 8.01. The number of nitrogens with one attached hydrogen (secondary N) is 1. The Morgan fingerprint density at radius 2 is 1.88 bits per heavy atom. The van der Waals surface area contributed by atoms with Crippen molar-refractivity contribution in [2.75, 3.05) is 40.0 Å². The highest BCUT2D eigenvalue weighted by Crippen LogP contribution is 2.13. The van der Waals surface area contributed by atoms with E-state index in [2.05, 4.69) is 21.2 Å². The number of hydrogen-bond acceptors (Lipinski definition) is 4. The van der Waals surface area contributed by atoms with Crippen LogP contribution >= 0.6 is 15.9 Å². The van der Waals surface area contributed by atoms with E-state index < -0.39 is 0 Å². The molecule has 2 rings (SSSR count). The first kappa shape index (κ1) is 18.9. The molecule has 1 aliphatic heterocycles. The van der Waals surface area contributed by atoms with Crippen LogP contribution in [0.1, 0.15) is 23.2 Å². The van der Waals surface area contributed by atoms with Gasteiger partial charge in [-0.15, -0.1) is 0 Å². The van der Waals surface area contributed by atoms with Gasteiger partial charge < -0.3 is 19.7 Å². The van der Waals surface area contributed by atoms with Gasteiger partial charge in [0.15, 0.2) is 0 Å². The number of amides is 2. The second-order valence-corrected chi connectivity index (χ2v) is 6.60. The van der Waals surface area contributed by atoms with Crippen molar-refractivity contribution in [2.24, 2.45) is 0 Å². The lowest BCUT2D eigenvalue weighted by Crippen LogP contribution is -2.47. The van der Waals surface area contributed by atoms with Crippen LogP contribution in [0.4, 0.5) is 0 Å². The fourth-order valence-corrected chi connectivity index (χ4v) is 2.80. The second kappa shape index (κ2) is 9.76. The van der Waals surface area contributed by atoms with Crippen LogP contribution in [0.2, 0.25) is 0 Å². The summed E-state index contributed by atoms with van der Waals surface area (Å²) in [5, 5.41) is 3.03. The van der Waals surface area contributed by atoms with Crippen LogP contribution in [-0.2, 0) is 14.3 Å². The van der Waals surface area contributed by atoms with Crippen molar-refractivity contribution in [3.8, 4) is 0 Å². The van der Waals surface area contributed by atoms with Gasteiger partial charge >= 0.3 is 0 Å². The summed E-state index contributed by atoms with van der Waals surface area (Å²) in [5.41, 5.74) is 0.642. The second-order valence-electron chi connectivity index (χ2n) is 5.68. The Morgan fingerprint density at radius 1 is 1.21 bits per heavy atom. The molecule has 0 atom stereocenters. The van der Waals surface area contributed by atoms with Gasteiger partial charge in [-0.2, -0.15) is 0 Å². The maximum Gasteiger partial charge on any atom is 0.251 e. The number of rotatable bonds is 7. The van der Waals surface area contributed by atoms with Crippen LogP contribution in [-0.4, -0.2) is 62.8 Å². The number of hydrogen-bond donors (Lipinski definition) is 1. The first-order chi connectivity index (χ1) is 11.6. The summed E-state index contributed by atoms with van der Waals surface area (Å²) in [5.74, 6) is -0.0843. The number of piperidine rings is 1. The first-order valence-corrected chi connectivity index (χ1v) is 8.80. The van der Waals surface area contributed by atoms with Gasteiger partial charge in [0.2, 0.25) is 5.91 Å². The minimum absolute atomic E-state index is 0.0104. The molecule has 0 unspecified atom stereocenters. The molecule has 0 spiro atoms. The smallest absolute Gasteiger partial charge is 0.251 e. The standard InChI is InChI=1S/C17H23BrN2O4/c1-23-10-11-24-12-16(21)20-8-6-15(7-9-20)19-17(22)13-2-4-14(18)5-3-13/h2-5,15H,6-12H2,1H3,(H,19,22). The molecular weight excluding hydrogens is 376 g/mol. The Hall–Kier alpha value is -1.44. The Kier molecular flexibility index (Phi) is 7.68. The summed E-state index contributed by atoms with van der Waals surface area (Å²) in [7, 11) is 1.60. The van der Waals surface area contributed by atoms with Crippen molar-refractivity contribution >= 4 is 27.7 Å². The van der Waals surface area contributed by atoms with Crippen molar-refractivity contribution in [3.05, 3.63) is 34.3 Å². The summed E-state index contributed by atoms with van der Waals surface area (Å²) in [6.45, 7) is 2.26. The number of ether oxygens (including phenoxy) is 2. The molecule has 24 heavy (non-hydrogen) atoms. The molecule has 1 aliphatic rings. The number of likely N-dealkylation sites (tertiary alicyclic amines) is 1. The minimum atomic E-state index is -0.0739. The maximum absolute atomic E-state index is 12.2. The number of nitrogens with zero attached hydrogens (tertiary/aromatic N) is 1. The van der Waals surface area contributed by atoms with E-state index in [1.807, 2.05) is 12.1 Å². The van der Waals surface area contributed by atoms with Gasteiger partial charge in [-0.05, 0) is 37.1 Å². The fourth-order valence-electron chi connectivity index (χ4n) is 2.54. The summed E-state index contributed by atoms with van der Waals surface area (Å²) in [4.78, 5) is 26.0. The van der Waals surface area contributed by atoms with E-state index in [9.17, 15) is 9.59 Å². The van der Waals surface area contributed by atoms with Crippen molar-refractivity contribution < 1.29 is 19.1 Å². The topological polar surface area (TPSA) is 67.9 Å². The Labute approximate surface area is 150 Å². The third kappa shape index (κ3) is 5.89. The van der Waals surface area contributed by atoms with Crippen LogP contribution in [0.3, 0.4) is 0 Å². The third-order valence-electron chi connectivity index (χ3n) is 3.95. The molecule has 0 aliphatic carbocycles. The lowest BCUT2D eigenvalue weighted by atomic mass is 10.0. The highest BCUT2D eigenvalue weighted by molar-refractivity contribution is 9.10. The number of carbonyl (C=O) groups excluding carboxylic acids is 2. The Morgan fingerprint density at radius 3 is 2.50 bits per heavy atom. The SMILES string of the molecule is COCCOCC(=O)N1CCC(NC(=O)c2ccc(Br)cc2)CC1. The molecule has 1 saturated heterocycles. The van der Waals surface area contributed by atoms with Crippen LogP contribution in [0.15, 0.2) is 28.7 Å². The fraction of sp³-hybridized carbons (Fsp3) is 0.529. The lowest BCUT2D eigenvalue weighted by Gasteiger charge is -2.32. The van der Waals surface area contributed by atoms with Crippen molar-refractivity contribution in [1.29, 1.82) is 0 Å². The molecule has 0 saturated carbocycles. The molecule has 1 aromatic carbocycles. The van der Waals surface area contributed by atoms with Crippen molar-refractivity contribution in [3.63, 3.8) is 0 Å². The Bertz CT molecular complexity index is 542. The quantitative estimate of drug-likeness (QED) is 0.711. The molecule has 0 radical (unpaired) electrons. The molecule has 1 fully saturated rings. The average molecular weight is 399 g/mol. The molecule has 2 amide bonds. The molecule has 7 heteroatoms. The molecule has 1 heterocycles. The van der Waals surface area contributed by atoms with Gasteiger partial charge in [0.05, 0.1) is 13.2 Å². The molecule has 6 nitrogen and oxygen atoms in total. The van der Waals surface area contributed by atoms with Gasteiger partial charge in [0, 0.05) is 36.3 Å². The van der Waals surface area contributed by atoms with E-state index >= 15 is 0 Å². The summed E-state index contributed by atoms with van der Waals surface area (Å²) in [6.07, 6.45) is 1.51. The summed E-state index contributed by atoms with van der Waals surface area (Å²) < 4.78 is 11.1. The molecule has 1 N–H and O–H groups in total. The van der Waals surface area contributed by atoms with E-state index in [0.29, 0.717) is 31.9 Å². The van der Waals surface area contributed by atoms with E-state index in [1.54, 1.807) is 24.1 Å². The lowest BCUT2D eigenvalue weighted by molar-refractivity contribution is -0.137. The third-order valence-corrected chi connectivity index (χ3v) is 4.48. The maximum atomic E-state index is 12.2. The minimum Gasteiger partial charge on any atom is -0.382 e. The van der Waals surface area contributed by atoms with Gasteiger partial charge in [-0.1, -0.05) is 15.9 Å². The van der Waals surface area contributed by atoms with Gasteiger partial charge in [0.1, 0.15) is 6.61 Å². The van der Waals surface area contributed by atoms with Crippen LogP contribution < -0.4 is 5.32 Å². The highest BCUT2D eigenvalue weighted by Gasteiger charge is 2.24. The zero-order valence-corrected chi connectivity index (χ0v) is 15.4. The highest BCUT2D eigenvalue weighted by atomic mass is 79.9. The van der Waals surface area contributed by atoms with Gasteiger partial charge in [-0.25, -0.2) is 0 Å².